The molecule has 5 rings (SSSR count). The second kappa shape index (κ2) is 10.9. The molecule has 0 aliphatic carbocycles. The predicted octanol–water partition coefficient (Wildman–Crippen LogP) is 4.64. The maximum absolute atomic E-state index is 13.8. The van der Waals surface area contributed by atoms with Crippen LogP contribution in [0.3, 0.4) is 0 Å². The van der Waals surface area contributed by atoms with Gasteiger partial charge in [0, 0.05) is 18.6 Å². The van der Waals surface area contributed by atoms with E-state index in [4.69, 9.17) is 25.5 Å². The lowest BCUT2D eigenvalue weighted by Crippen LogP contribution is -2.39. The Hall–Kier alpha value is -4.21. The summed E-state index contributed by atoms with van der Waals surface area (Å²) in [5.74, 6) is 0.389. The molecule has 1 aliphatic heterocycles. The fourth-order valence-corrected chi connectivity index (χ4v) is 5.61. The van der Waals surface area contributed by atoms with Gasteiger partial charge in [0.15, 0.2) is 4.80 Å². The van der Waals surface area contributed by atoms with Crippen LogP contribution >= 0.6 is 22.9 Å². The van der Waals surface area contributed by atoms with Crippen LogP contribution in [0.1, 0.15) is 38.1 Å². The van der Waals surface area contributed by atoms with Gasteiger partial charge in [-0.15, -0.1) is 0 Å². The largest absolute Gasteiger partial charge is 0.463 e. The van der Waals surface area contributed by atoms with Gasteiger partial charge in [-0.05, 0) is 55.8 Å². The summed E-state index contributed by atoms with van der Waals surface area (Å²) in [6.07, 6.45) is 1.65. The number of rotatable bonds is 6. The van der Waals surface area contributed by atoms with Gasteiger partial charge in [-0.2, -0.15) is 0 Å². The van der Waals surface area contributed by atoms with Crippen LogP contribution in [0.5, 0.6) is 5.75 Å². The van der Waals surface area contributed by atoms with Gasteiger partial charge in [-0.1, -0.05) is 47.2 Å². The van der Waals surface area contributed by atoms with Crippen molar-refractivity contribution in [1.29, 1.82) is 0 Å². The van der Waals surface area contributed by atoms with Crippen molar-refractivity contribution in [3.8, 4) is 17.1 Å². The first-order valence-corrected chi connectivity index (χ1v) is 13.3. The van der Waals surface area contributed by atoms with Crippen LogP contribution in [-0.4, -0.2) is 23.1 Å². The second-order valence-electron chi connectivity index (χ2n) is 8.65. The van der Waals surface area contributed by atoms with E-state index in [1.165, 1.54) is 22.8 Å². The molecule has 1 unspecified atom stereocenters. The number of furan rings is 1. The molecular formula is C29H23ClN2O6S. The quantitative estimate of drug-likeness (QED) is 0.251. The Kier molecular flexibility index (Phi) is 7.36. The second-order valence-corrected chi connectivity index (χ2v) is 10.1. The number of allylic oxidation sites excluding steroid dienone is 1. The molecule has 0 radical (unpaired) electrons. The van der Waals surface area contributed by atoms with Crippen LogP contribution < -0.4 is 19.6 Å². The third kappa shape index (κ3) is 5.23. The SMILES string of the molecule is CCOC(=O)C1=C(C)N=c2s/c(=C/c3ccc(-c4ccccc4Cl)o3)c(=O)n2C1c1ccc(OC(C)=O)cc1. The van der Waals surface area contributed by atoms with Gasteiger partial charge in [-0.3, -0.25) is 14.2 Å². The molecule has 3 heterocycles. The molecule has 0 bridgehead atoms. The zero-order valence-corrected chi connectivity index (χ0v) is 22.8. The van der Waals surface area contributed by atoms with Crippen molar-refractivity contribution in [2.45, 2.75) is 26.8 Å². The van der Waals surface area contributed by atoms with E-state index < -0.39 is 18.0 Å². The third-order valence-corrected chi connectivity index (χ3v) is 7.33. The minimum absolute atomic E-state index is 0.171. The van der Waals surface area contributed by atoms with Crippen LogP contribution in [0.4, 0.5) is 0 Å². The molecule has 0 fully saturated rings. The molecule has 1 aliphatic rings. The molecule has 0 N–H and O–H groups in total. The molecule has 0 amide bonds. The zero-order valence-electron chi connectivity index (χ0n) is 21.3. The van der Waals surface area contributed by atoms with E-state index in [1.807, 2.05) is 18.2 Å². The van der Waals surface area contributed by atoms with E-state index in [9.17, 15) is 14.4 Å². The minimum Gasteiger partial charge on any atom is -0.463 e. The van der Waals surface area contributed by atoms with Gasteiger partial charge < -0.3 is 13.9 Å². The lowest BCUT2D eigenvalue weighted by Gasteiger charge is -2.24. The predicted molar refractivity (Wildman–Crippen MR) is 147 cm³/mol. The Morgan fingerprint density at radius 2 is 1.87 bits per heavy atom. The lowest BCUT2D eigenvalue weighted by molar-refractivity contribution is -0.139. The van der Waals surface area contributed by atoms with E-state index >= 15 is 0 Å². The van der Waals surface area contributed by atoms with Crippen molar-refractivity contribution < 1.29 is 23.5 Å². The number of esters is 2. The number of aromatic nitrogens is 1. The molecule has 39 heavy (non-hydrogen) atoms. The lowest BCUT2D eigenvalue weighted by atomic mass is 9.96. The molecular weight excluding hydrogens is 540 g/mol. The number of nitrogens with zero attached hydrogens (tertiary/aromatic N) is 2. The molecule has 0 spiro atoms. The standard InChI is InChI=1S/C29H23ClN2O6S/c1-4-36-28(35)25-16(2)31-29-32(26(25)18-9-11-19(12-10-18)37-17(3)33)27(34)24(39-29)15-20-13-14-23(38-20)21-7-5-6-8-22(21)30/h5-15,26H,4H2,1-3H3/b24-15+. The number of thiazole rings is 1. The van der Waals surface area contributed by atoms with Crippen LogP contribution in [-0.2, 0) is 14.3 Å². The van der Waals surface area contributed by atoms with E-state index in [0.717, 1.165) is 5.56 Å². The Balaban J connectivity index is 1.62. The summed E-state index contributed by atoms with van der Waals surface area (Å²) in [6, 6.07) is 16.7. The Morgan fingerprint density at radius 1 is 1.13 bits per heavy atom. The zero-order chi connectivity index (χ0) is 27.7. The summed E-state index contributed by atoms with van der Waals surface area (Å²) in [7, 11) is 0. The average Bonchev–Trinajstić information content (AvgIpc) is 3.48. The van der Waals surface area contributed by atoms with Crippen molar-refractivity contribution in [2.24, 2.45) is 4.99 Å². The molecule has 0 saturated heterocycles. The van der Waals surface area contributed by atoms with Crippen molar-refractivity contribution in [3.05, 3.63) is 108 Å². The summed E-state index contributed by atoms with van der Waals surface area (Å²) in [6.45, 7) is 4.91. The number of carbonyl (C=O) groups is 2. The molecule has 198 valence electrons. The van der Waals surface area contributed by atoms with Gasteiger partial charge in [0.25, 0.3) is 5.56 Å². The number of fused-ring (bicyclic) bond motifs is 1. The van der Waals surface area contributed by atoms with Crippen molar-refractivity contribution in [1.82, 2.24) is 4.57 Å². The molecule has 1 atom stereocenters. The number of hydrogen-bond acceptors (Lipinski definition) is 8. The summed E-state index contributed by atoms with van der Waals surface area (Å²) >= 11 is 7.50. The average molecular weight is 563 g/mol. The van der Waals surface area contributed by atoms with Gasteiger partial charge in [-0.25, -0.2) is 9.79 Å². The van der Waals surface area contributed by atoms with E-state index in [2.05, 4.69) is 4.99 Å². The number of carbonyl (C=O) groups excluding carboxylic acids is 2. The Labute approximate surface area is 232 Å². The highest BCUT2D eigenvalue weighted by Gasteiger charge is 2.33. The summed E-state index contributed by atoms with van der Waals surface area (Å²) < 4.78 is 18.3. The van der Waals surface area contributed by atoms with Crippen LogP contribution in [0.15, 0.2) is 86.1 Å². The number of halogens is 1. The van der Waals surface area contributed by atoms with Gasteiger partial charge in [0.1, 0.15) is 17.3 Å². The summed E-state index contributed by atoms with van der Waals surface area (Å²) in [5, 5.41) is 0.555. The molecule has 0 saturated carbocycles. The third-order valence-electron chi connectivity index (χ3n) is 6.01. The highest BCUT2D eigenvalue weighted by atomic mass is 35.5. The van der Waals surface area contributed by atoms with Gasteiger partial charge in [0.2, 0.25) is 0 Å². The summed E-state index contributed by atoms with van der Waals surface area (Å²) in [4.78, 5) is 43.1. The fraction of sp³-hybridized carbons (Fsp3) is 0.172. The maximum Gasteiger partial charge on any atom is 0.338 e. The first-order valence-electron chi connectivity index (χ1n) is 12.1. The topological polar surface area (TPSA) is 100 Å². The highest BCUT2D eigenvalue weighted by Crippen LogP contribution is 2.32. The van der Waals surface area contributed by atoms with E-state index in [-0.39, 0.29) is 17.7 Å². The molecule has 2 aromatic heterocycles. The minimum atomic E-state index is -0.788. The molecule has 4 aromatic rings. The first-order chi connectivity index (χ1) is 18.8. The van der Waals surface area contributed by atoms with Crippen molar-refractivity contribution >= 4 is 41.0 Å². The monoisotopic (exact) mass is 562 g/mol. The van der Waals surface area contributed by atoms with E-state index in [0.29, 0.717) is 42.9 Å². The van der Waals surface area contributed by atoms with Crippen LogP contribution in [0.25, 0.3) is 17.4 Å². The molecule has 2 aromatic carbocycles. The van der Waals surface area contributed by atoms with Gasteiger partial charge in [0.05, 0.1) is 33.5 Å². The normalized spacial score (nSPS) is 15.1. The van der Waals surface area contributed by atoms with Crippen LogP contribution in [0.2, 0.25) is 5.02 Å². The fourth-order valence-electron chi connectivity index (χ4n) is 4.36. The molecule has 8 nitrogen and oxygen atoms in total. The molecule has 10 heteroatoms. The number of ether oxygens (including phenoxy) is 2. The highest BCUT2D eigenvalue weighted by molar-refractivity contribution is 7.07. The smallest absolute Gasteiger partial charge is 0.338 e. The van der Waals surface area contributed by atoms with E-state index in [1.54, 1.807) is 62.4 Å². The van der Waals surface area contributed by atoms with Gasteiger partial charge >= 0.3 is 11.9 Å². The number of hydrogen-bond donors (Lipinski definition) is 0. The maximum atomic E-state index is 13.8. The Bertz CT molecular complexity index is 1800. The summed E-state index contributed by atoms with van der Waals surface area (Å²) in [5.41, 5.74) is 1.75. The van der Waals surface area contributed by atoms with Crippen molar-refractivity contribution in [3.63, 3.8) is 0 Å². The Morgan fingerprint density at radius 3 is 2.56 bits per heavy atom. The van der Waals surface area contributed by atoms with Crippen molar-refractivity contribution in [2.75, 3.05) is 6.61 Å². The van der Waals surface area contributed by atoms with Crippen LogP contribution in [0, 0.1) is 0 Å². The number of benzene rings is 2. The first kappa shape index (κ1) is 26.4.